The van der Waals surface area contributed by atoms with E-state index in [1.165, 1.54) is 23.5 Å². The number of thioether (sulfide) groups is 2. The third-order valence-corrected chi connectivity index (χ3v) is 8.69. The van der Waals surface area contributed by atoms with Crippen LogP contribution < -0.4 is 10.1 Å². The highest BCUT2D eigenvalue weighted by molar-refractivity contribution is 8.16. The number of rotatable bonds is 9. The van der Waals surface area contributed by atoms with E-state index in [-0.39, 0.29) is 12.5 Å². The Kier molecular flexibility index (Phi) is 8.26. The maximum atomic E-state index is 12.1. The van der Waals surface area contributed by atoms with E-state index < -0.39 is 0 Å². The van der Waals surface area contributed by atoms with Gasteiger partial charge in [0.05, 0.1) is 15.3 Å². The number of ether oxygens (including phenoxy) is 1. The summed E-state index contributed by atoms with van der Waals surface area (Å²) in [5.74, 6) is 3.09. The van der Waals surface area contributed by atoms with Gasteiger partial charge in [0.25, 0.3) is 5.91 Å². The molecule has 1 aliphatic rings. The molecule has 0 aliphatic carbocycles. The number of benzene rings is 1. The SMILES string of the molecule is O=C(COc1ccc(C2SCCCS2)cc1)NCCCc1nc(-c2ccncc2)cs1. The van der Waals surface area contributed by atoms with Gasteiger partial charge in [-0.1, -0.05) is 12.1 Å². The summed E-state index contributed by atoms with van der Waals surface area (Å²) in [4.78, 5) is 20.8. The minimum Gasteiger partial charge on any atom is -0.484 e. The molecule has 8 heteroatoms. The van der Waals surface area contributed by atoms with Crippen molar-refractivity contribution in [2.24, 2.45) is 0 Å². The fourth-order valence-corrected chi connectivity index (χ4v) is 6.89. The zero-order chi connectivity index (χ0) is 21.3. The van der Waals surface area contributed by atoms with Crippen molar-refractivity contribution in [3.63, 3.8) is 0 Å². The number of amides is 1. The van der Waals surface area contributed by atoms with Crippen molar-refractivity contribution in [2.45, 2.75) is 23.8 Å². The first-order valence-electron chi connectivity index (χ1n) is 10.4. The Balaban J connectivity index is 1.14. The number of thiazole rings is 1. The fourth-order valence-electron chi connectivity index (χ4n) is 3.15. The van der Waals surface area contributed by atoms with Crippen LogP contribution >= 0.6 is 34.9 Å². The molecule has 0 radical (unpaired) electrons. The van der Waals surface area contributed by atoms with Gasteiger partial charge in [0.15, 0.2) is 6.61 Å². The van der Waals surface area contributed by atoms with E-state index in [1.54, 1.807) is 23.7 Å². The lowest BCUT2D eigenvalue weighted by molar-refractivity contribution is -0.123. The second kappa shape index (κ2) is 11.5. The van der Waals surface area contributed by atoms with E-state index in [1.807, 2.05) is 47.8 Å². The first-order chi connectivity index (χ1) is 15.3. The van der Waals surface area contributed by atoms with Crippen LogP contribution in [0.25, 0.3) is 11.3 Å². The van der Waals surface area contributed by atoms with Crippen LogP contribution in [0.3, 0.4) is 0 Å². The minimum absolute atomic E-state index is 0.0374. The Labute approximate surface area is 195 Å². The Morgan fingerprint density at radius 3 is 2.65 bits per heavy atom. The molecule has 3 heterocycles. The quantitative estimate of drug-likeness (QED) is 0.433. The predicted molar refractivity (Wildman–Crippen MR) is 131 cm³/mol. The maximum Gasteiger partial charge on any atom is 0.257 e. The van der Waals surface area contributed by atoms with Gasteiger partial charge in [0, 0.05) is 36.3 Å². The summed E-state index contributed by atoms with van der Waals surface area (Å²) >= 11 is 5.65. The molecule has 0 bridgehead atoms. The van der Waals surface area contributed by atoms with Crippen LogP contribution in [0.15, 0.2) is 54.2 Å². The number of carbonyl (C=O) groups is 1. The number of nitrogens with zero attached hydrogens (tertiary/aromatic N) is 2. The summed E-state index contributed by atoms with van der Waals surface area (Å²) < 4.78 is 6.15. The molecule has 3 aromatic rings. The van der Waals surface area contributed by atoms with Crippen molar-refractivity contribution in [1.29, 1.82) is 0 Å². The Morgan fingerprint density at radius 1 is 1.10 bits per heavy atom. The Hall–Kier alpha value is -2.03. The lowest BCUT2D eigenvalue weighted by Gasteiger charge is -2.21. The third-order valence-electron chi connectivity index (χ3n) is 4.77. The highest BCUT2D eigenvalue weighted by Gasteiger charge is 2.16. The Morgan fingerprint density at radius 2 is 1.87 bits per heavy atom. The molecule has 162 valence electrons. The molecule has 1 aromatic carbocycles. The van der Waals surface area contributed by atoms with Crippen LogP contribution in [0.1, 0.15) is 28.0 Å². The van der Waals surface area contributed by atoms with E-state index in [4.69, 9.17) is 4.74 Å². The summed E-state index contributed by atoms with van der Waals surface area (Å²) in [5, 5.41) is 6.06. The van der Waals surface area contributed by atoms with Crippen molar-refractivity contribution < 1.29 is 9.53 Å². The maximum absolute atomic E-state index is 12.1. The van der Waals surface area contributed by atoms with E-state index in [0.29, 0.717) is 11.1 Å². The molecule has 4 rings (SSSR count). The highest BCUT2D eigenvalue weighted by Crippen LogP contribution is 2.43. The van der Waals surface area contributed by atoms with Crippen LogP contribution in [0.5, 0.6) is 5.75 Å². The summed E-state index contributed by atoms with van der Waals surface area (Å²) in [7, 11) is 0. The minimum atomic E-state index is -0.0981. The summed E-state index contributed by atoms with van der Waals surface area (Å²) in [5.41, 5.74) is 3.37. The fraction of sp³-hybridized carbons (Fsp3) is 0.348. The molecular weight excluding hydrogens is 446 g/mol. The lowest BCUT2D eigenvalue weighted by atomic mass is 10.2. The molecule has 1 N–H and O–H groups in total. The summed E-state index contributed by atoms with van der Waals surface area (Å²) in [6.45, 7) is 0.650. The molecule has 0 saturated carbocycles. The van der Waals surface area contributed by atoms with Gasteiger partial charge in [-0.05, 0) is 54.2 Å². The van der Waals surface area contributed by atoms with Crippen LogP contribution in [-0.4, -0.2) is 40.5 Å². The number of hydrogen-bond donors (Lipinski definition) is 1. The number of hydrogen-bond acceptors (Lipinski definition) is 7. The molecule has 1 fully saturated rings. The molecule has 0 unspecified atom stereocenters. The molecule has 0 atom stereocenters. The zero-order valence-corrected chi connectivity index (χ0v) is 19.6. The smallest absolute Gasteiger partial charge is 0.257 e. The number of nitrogens with one attached hydrogen (secondary N) is 1. The van der Waals surface area contributed by atoms with E-state index >= 15 is 0 Å². The second-order valence-corrected chi connectivity index (χ2v) is 10.8. The average Bonchev–Trinajstić information content (AvgIpc) is 3.31. The molecule has 31 heavy (non-hydrogen) atoms. The normalized spacial score (nSPS) is 14.3. The molecule has 1 aliphatic heterocycles. The summed E-state index contributed by atoms with van der Waals surface area (Å²) in [6, 6.07) is 12.1. The highest BCUT2D eigenvalue weighted by atomic mass is 32.2. The largest absolute Gasteiger partial charge is 0.484 e. The second-order valence-electron chi connectivity index (χ2n) is 7.10. The van der Waals surface area contributed by atoms with Gasteiger partial charge in [-0.15, -0.1) is 34.9 Å². The van der Waals surface area contributed by atoms with Crippen LogP contribution in [0.2, 0.25) is 0 Å². The van der Waals surface area contributed by atoms with E-state index in [2.05, 4.69) is 32.8 Å². The van der Waals surface area contributed by atoms with Gasteiger partial charge in [-0.2, -0.15) is 0 Å². The first kappa shape index (κ1) is 22.2. The molecule has 1 saturated heterocycles. The van der Waals surface area contributed by atoms with Gasteiger partial charge in [0.1, 0.15) is 5.75 Å². The van der Waals surface area contributed by atoms with Crippen LogP contribution in [-0.2, 0) is 11.2 Å². The predicted octanol–water partition coefficient (Wildman–Crippen LogP) is 5.20. The number of pyridine rings is 1. The average molecular weight is 472 g/mol. The van der Waals surface area contributed by atoms with Crippen molar-refractivity contribution >= 4 is 40.8 Å². The van der Waals surface area contributed by atoms with Crippen molar-refractivity contribution in [2.75, 3.05) is 24.7 Å². The molecule has 2 aromatic heterocycles. The van der Waals surface area contributed by atoms with Crippen LogP contribution in [0, 0.1) is 0 Å². The van der Waals surface area contributed by atoms with E-state index in [9.17, 15) is 4.79 Å². The number of aryl methyl sites for hydroxylation is 1. The number of aromatic nitrogens is 2. The Bertz CT molecular complexity index is 958. The zero-order valence-electron chi connectivity index (χ0n) is 17.2. The van der Waals surface area contributed by atoms with Crippen molar-refractivity contribution in [3.8, 4) is 17.0 Å². The topological polar surface area (TPSA) is 64.1 Å². The lowest BCUT2D eigenvalue weighted by Crippen LogP contribution is -2.29. The van der Waals surface area contributed by atoms with Gasteiger partial charge in [-0.25, -0.2) is 4.98 Å². The van der Waals surface area contributed by atoms with Gasteiger partial charge < -0.3 is 10.1 Å². The van der Waals surface area contributed by atoms with Crippen molar-refractivity contribution in [1.82, 2.24) is 15.3 Å². The number of carbonyl (C=O) groups excluding carboxylic acids is 1. The molecule has 1 amide bonds. The van der Waals surface area contributed by atoms with Gasteiger partial charge in [-0.3, -0.25) is 9.78 Å². The molecule has 0 spiro atoms. The molecule has 5 nitrogen and oxygen atoms in total. The monoisotopic (exact) mass is 471 g/mol. The van der Waals surface area contributed by atoms with Gasteiger partial charge >= 0.3 is 0 Å². The summed E-state index contributed by atoms with van der Waals surface area (Å²) in [6.07, 6.45) is 6.53. The standard InChI is InChI=1S/C23H25N3O2S3/c27-21(15-28-19-6-4-18(5-7-19)23-29-13-2-14-30-23)25-10-1-3-22-26-20(16-31-22)17-8-11-24-12-9-17/h4-9,11-12,16,23H,1-3,10,13-15H2,(H,25,27). The third kappa shape index (κ3) is 6.72. The van der Waals surface area contributed by atoms with Crippen molar-refractivity contribution in [3.05, 3.63) is 64.7 Å². The van der Waals surface area contributed by atoms with E-state index in [0.717, 1.165) is 34.9 Å². The first-order valence-corrected chi connectivity index (χ1v) is 13.3. The van der Waals surface area contributed by atoms with Gasteiger partial charge in [0.2, 0.25) is 0 Å². The van der Waals surface area contributed by atoms with Crippen LogP contribution in [0.4, 0.5) is 0 Å². The molecular formula is C23H25N3O2S3.